The van der Waals surface area contributed by atoms with Crippen molar-refractivity contribution in [1.29, 1.82) is 0 Å². The van der Waals surface area contributed by atoms with E-state index in [0.29, 0.717) is 21.8 Å². The Morgan fingerprint density at radius 1 is 1.52 bits per heavy atom. The third-order valence-electron chi connectivity index (χ3n) is 3.73. The number of amides is 1. The minimum atomic E-state index is -0.440. The normalized spacial score (nSPS) is 21.9. The van der Waals surface area contributed by atoms with Gasteiger partial charge in [0.25, 0.3) is 5.69 Å². The van der Waals surface area contributed by atoms with Crippen molar-refractivity contribution in [2.24, 2.45) is 5.92 Å². The number of aryl methyl sites for hydroxylation is 1. The number of carbonyl (C=O) groups excluding carboxylic acids is 1. The van der Waals surface area contributed by atoms with Crippen LogP contribution in [-0.4, -0.2) is 23.4 Å². The average Bonchev–Trinajstić information content (AvgIpc) is 2.41. The molecule has 7 heteroatoms. The number of piperidine rings is 1. The first kappa shape index (κ1) is 15.9. The van der Waals surface area contributed by atoms with Gasteiger partial charge in [-0.3, -0.25) is 14.9 Å². The summed E-state index contributed by atoms with van der Waals surface area (Å²) in [6.45, 7) is 4.53. The molecule has 2 N–H and O–H groups in total. The standard InChI is InChI=1S/C14H18BrN3O3/c1-8-5-11(15)12(7-13(8)18(20)21)17-14(19)10-3-4-16-9(2)6-10/h5,7,9-10,16H,3-4,6H2,1-2H3,(H,17,19). The Morgan fingerprint density at radius 3 is 2.86 bits per heavy atom. The Balaban J connectivity index is 2.17. The fourth-order valence-corrected chi connectivity index (χ4v) is 3.12. The zero-order chi connectivity index (χ0) is 15.6. The van der Waals surface area contributed by atoms with E-state index in [1.54, 1.807) is 13.0 Å². The van der Waals surface area contributed by atoms with Gasteiger partial charge in [0.1, 0.15) is 0 Å². The summed E-state index contributed by atoms with van der Waals surface area (Å²) in [7, 11) is 0. The van der Waals surface area contributed by atoms with Crippen LogP contribution in [0.15, 0.2) is 16.6 Å². The molecular weight excluding hydrogens is 338 g/mol. The number of nitro groups is 1. The smallest absolute Gasteiger partial charge is 0.274 e. The van der Waals surface area contributed by atoms with Crippen molar-refractivity contribution in [2.45, 2.75) is 32.7 Å². The van der Waals surface area contributed by atoms with E-state index in [1.807, 2.05) is 6.92 Å². The Hall–Kier alpha value is -1.47. The van der Waals surface area contributed by atoms with Crippen LogP contribution in [-0.2, 0) is 4.79 Å². The molecule has 1 saturated heterocycles. The van der Waals surface area contributed by atoms with Crippen molar-refractivity contribution in [3.05, 3.63) is 32.3 Å². The van der Waals surface area contributed by atoms with Crippen LogP contribution in [0.1, 0.15) is 25.3 Å². The van der Waals surface area contributed by atoms with Gasteiger partial charge < -0.3 is 10.6 Å². The number of anilines is 1. The van der Waals surface area contributed by atoms with E-state index in [0.717, 1.165) is 19.4 Å². The highest BCUT2D eigenvalue weighted by Crippen LogP contribution is 2.31. The van der Waals surface area contributed by atoms with E-state index in [2.05, 4.69) is 26.6 Å². The van der Waals surface area contributed by atoms with Crippen LogP contribution < -0.4 is 10.6 Å². The van der Waals surface area contributed by atoms with Crippen LogP contribution in [0.25, 0.3) is 0 Å². The van der Waals surface area contributed by atoms with Crippen molar-refractivity contribution in [3.63, 3.8) is 0 Å². The summed E-state index contributed by atoms with van der Waals surface area (Å²) >= 11 is 3.35. The van der Waals surface area contributed by atoms with Crippen LogP contribution in [0, 0.1) is 23.0 Å². The van der Waals surface area contributed by atoms with Crippen LogP contribution in [0.3, 0.4) is 0 Å². The van der Waals surface area contributed by atoms with Gasteiger partial charge in [0.05, 0.1) is 10.6 Å². The number of nitrogens with one attached hydrogen (secondary N) is 2. The number of rotatable bonds is 3. The Morgan fingerprint density at radius 2 is 2.24 bits per heavy atom. The zero-order valence-corrected chi connectivity index (χ0v) is 13.6. The fourth-order valence-electron chi connectivity index (χ4n) is 2.56. The molecule has 1 amide bonds. The quantitative estimate of drug-likeness (QED) is 0.644. The molecule has 0 aliphatic carbocycles. The molecule has 2 atom stereocenters. The maximum Gasteiger partial charge on any atom is 0.274 e. The molecule has 1 fully saturated rings. The first-order valence-corrected chi connectivity index (χ1v) is 7.66. The van der Waals surface area contributed by atoms with Crippen molar-refractivity contribution < 1.29 is 9.72 Å². The van der Waals surface area contributed by atoms with Gasteiger partial charge in [0.15, 0.2) is 0 Å². The number of halogens is 1. The molecule has 0 saturated carbocycles. The predicted molar refractivity (Wildman–Crippen MR) is 84.4 cm³/mol. The topological polar surface area (TPSA) is 84.3 Å². The van der Waals surface area contributed by atoms with E-state index in [1.165, 1.54) is 6.07 Å². The lowest BCUT2D eigenvalue weighted by Crippen LogP contribution is -2.40. The molecule has 1 heterocycles. The average molecular weight is 356 g/mol. The maximum absolute atomic E-state index is 12.3. The predicted octanol–water partition coefficient (Wildman–Crippen LogP) is 2.99. The number of nitro benzene ring substituents is 1. The Bertz CT molecular complexity index is 577. The van der Waals surface area contributed by atoms with Gasteiger partial charge in [-0.15, -0.1) is 0 Å². The summed E-state index contributed by atoms with van der Waals surface area (Å²) < 4.78 is 0.654. The lowest BCUT2D eigenvalue weighted by Gasteiger charge is -2.27. The fraction of sp³-hybridized carbons (Fsp3) is 0.500. The second-order valence-electron chi connectivity index (χ2n) is 5.44. The number of carbonyl (C=O) groups is 1. The minimum Gasteiger partial charge on any atom is -0.325 e. The molecule has 21 heavy (non-hydrogen) atoms. The molecule has 2 unspecified atom stereocenters. The van der Waals surface area contributed by atoms with E-state index in [-0.39, 0.29) is 17.5 Å². The summed E-state index contributed by atoms with van der Waals surface area (Å²) in [6.07, 6.45) is 1.55. The molecule has 1 aliphatic rings. The van der Waals surface area contributed by atoms with Gasteiger partial charge >= 0.3 is 0 Å². The van der Waals surface area contributed by atoms with Crippen molar-refractivity contribution in [2.75, 3.05) is 11.9 Å². The molecule has 114 valence electrons. The highest BCUT2D eigenvalue weighted by Gasteiger charge is 2.25. The van der Waals surface area contributed by atoms with Gasteiger partial charge in [0.2, 0.25) is 5.91 Å². The molecule has 0 spiro atoms. The molecule has 6 nitrogen and oxygen atoms in total. The van der Waals surface area contributed by atoms with Crippen molar-refractivity contribution in [1.82, 2.24) is 5.32 Å². The van der Waals surface area contributed by atoms with Crippen molar-refractivity contribution >= 4 is 33.2 Å². The van der Waals surface area contributed by atoms with Gasteiger partial charge in [-0.2, -0.15) is 0 Å². The van der Waals surface area contributed by atoms with Gasteiger partial charge in [-0.25, -0.2) is 0 Å². The number of hydrogen-bond donors (Lipinski definition) is 2. The molecule has 0 aromatic heterocycles. The highest BCUT2D eigenvalue weighted by atomic mass is 79.9. The molecule has 1 aromatic carbocycles. The highest BCUT2D eigenvalue weighted by molar-refractivity contribution is 9.10. The van der Waals surface area contributed by atoms with Crippen LogP contribution in [0.5, 0.6) is 0 Å². The summed E-state index contributed by atoms with van der Waals surface area (Å²) in [4.78, 5) is 22.8. The van der Waals surface area contributed by atoms with E-state index in [4.69, 9.17) is 0 Å². The molecular formula is C14H18BrN3O3. The minimum absolute atomic E-state index is 0.00665. The molecule has 0 bridgehead atoms. The largest absolute Gasteiger partial charge is 0.325 e. The first-order chi connectivity index (χ1) is 9.88. The number of benzene rings is 1. The van der Waals surface area contributed by atoms with Gasteiger partial charge in [-0.05, 0) is 55.2 Å². The van der Waals surface area contributed by atoms with Gasteiger partial charge in [0, 0.05) is 28.1 Å². The number of nitrogens with zero attached hydrogens (tertiary/aromatic N) is 1. The third-order valence-corrected chi connectivity index (χ3v) is 4.39. The summed E-state index contributed by atoms with van der Waals surface area (Å²) in [5.74, 6) is -0.143. The second kappa shape index (κ2) is 6.53. The maximum atomic E-state index is 12.3. The first-order valence-electron chi connectivity index (χ1n) is 6.87. The van der Waals surface area contributed by atoms with E-state index in [9.17, 15) is 14.9 Å². The molecule has 1 aliphatic heterocycles. The second-order valence-corrected chi connectivity index (χ2v) is 6.30. The van der Waals surface area contributed by atoms with E-state index >= 15 is 0 Å². The number of hydrogen-bond acceptors (Lipinski definition) is 4. The third kappa shape index (κ3) is 3.79. The lowest BCUT2D eigenvalue weighted by atomic mass is 9.92. The molecule has 2 rings (SSSR count). The lowest BCUT2D eigenvalue weighted by molar-refractivity contribution is -0.385. The van der Waals surface area contributed by atoms with Crippen LogP contribution in [0.4, 0.5) is 11.4 Å². The van der Waals surface area contributed by atoms with Crippen molar-refractivity contribution in [3.8, 4) is 0 Å². The summed E-state index contributed by atoms with van der Waals surface area (Å²) in [5, 5.41) is 17.1. The van der Waals surface area contributed by atoms with Crippen LogP contribution >= 0.6 is 15.9 Å². The monoisotopic (exact) mass is 355 g/mol. The molecule has 1 aromatic rings. The SMILES string of the molecule is Cc1cc(Br)c(NC(=O)C2CCNC(C)C2)cc1[N+](=O)[O-]. The summed E-state index contributed by atoms with van der Waals surface area (Å²) in [6, 6.07) is 3.37. The van der Waals surface area contributed by atoms with E-state index < -0.39 is 4.92 Å². The Kier molecular flexibility index (Phi) is 4.95. The Labute approximate surface area is 131 Å². The molecule has 0 radical (unpaired) electrons. The summed E-state index contributed by atoms with van der Waals surface area (Å²) in [5.41, 5.74) is 1.01. The zero-order valence-electron chi connectivity index (χ0n) is 12.0. The van der Waals surface area contributed by atoms with Crippen LogP contribution in [0.2, 0.25) is 0 Å². The van der Waals surface area contributed by atoms with Gasteiger partial charge in [-0.1, -0.05) is 0 Å².